The number of rotatable bonds is 9. The fraction of sp³-hybridized carbons (Fsp3) is 0.143. The minimum atomic E-state index is -5.14. The highest BCUT2D eigenvalue weighted by atomic mass is 19.4. The molecule has 0 heterocycles. The van der Waals surface area contributed by atoms with E-state index < -0.39 is 58.6 Å². The minimum Gasteiger partial charge on any atom is -0.429 e. The summed E-state index contributed by atoms with van der Waals surface area (Å²) >= 11 is 0. The highest BCUT2D eigenvalue weighted by molar-refractivity contribution is 5.72. The monoisotopic (exact) mass is 664 g/mol. The quantitative estimate of drug-likeness (QED) is 0.146. The number of hydrogen-bond acceptors (Lipinski definition) is 2. The Morgan fingerprint density at radius 3 is 1.55 bits per heavy atom. The molecule has 0 N–H and O–H groups in total. The van der Waals surface area contributed by atoms with Gasteiger partial charge in [-0.3, -0.25) is 0 Å². The molecule has 0 aromatic heterocycles. The van der Waals surface area contributed by atoms with Crippen LogP contribution in [0.3, 0.4) is 0 Å². The first-order valence-corrected chi connectivity index (χ1v) is 14.0. The predicted octanol–water partition coefficient (Wildman–Crippen LogP) is 11.4. The highest BCUT2D eigenvalue weighted by Gasteiger charge is 2.41. The molecule has 0 bridgehead atoms. The molecular formula is C35H22F10O2. The standard InChI is InChI=1S/C35H22F10O2/c1-2-3-19-4-6-20(7-5-19)23-16-30(39)33(31(40)17-23)34(41,42)46-24-10-12-26(28(37)18-24)21-8-11-25(27(36)14-21)22-9-13-32(29(38)15-22)47-35(43,44)45/h4-18H,2-3H2,1H3. The number of benzene rings is 5. The smallest absolute Gasteiger partial charge is 0.429 e. The Balaban J connectivity index is 1.35. The SMILES string of the molecule is CCCc1ccc(-c2cc(F)c(C(F)(F)Oc3ccc(-c4ccc(-c5ccc(OC(F)(F)F)c(F)c5)c(F)c4)c(F)c3)c(F)c2)cc1. The van der Waals surface area contributed by atoms with Gasteiger partial charge < -0.3 is 9.47 Å². The Labute approximate surface area is 261 Å². The normalized spacial score (nSPS) is 11.9. The van der Waals surface area contributed by atoms with Crippen LogP contribution in [0.1, 0.15) is 24.5 Å². The zero-order valence-electron chi connectivity index (χ0n) is 24.2. The van der Waals surface area contributed by atoms with E-state index in [2.05, 4.69) is 9.47 Å². The van der Waals surface area contributed by atoms with Crippen molar-refractivity contribution >= 4 is 0 Å². The van der Waals surface area contributed by atoms with Gasteiger partial charge in [0.15, 0.2) is 11.6 Å². The third-order valence-electron chi connectivity index (χ3n) is 7.09. The van der Waals surface area contributed by atoms with Crippen molar-refractivity contribution in [2.75, 3.05) is 0 Å². The maximum atomic E-state index is 15.0. The Morgan fingerprint density at radius 2 is 1.02 bits per heavy atom. The number of halogens is 10. The summed E-state index contributed by atoms with van der Waals surface area (Å²) in [6, 6.07) is 16.0. The largest absolute Gasteiger partial charge is 0.573 e. The molecule has 0 fully saturated rings. The van der Waals surface area contributed by atoms with Crippen molar-refractivity contribution < 1.29 is 53.4 Å². The van der Waals surface area contributed by atoms with E-state index >= 15 is 13.2 Å². The zero-order chi connectivity index (χ0) is 34.1. The van der Waals surface area contributed by atoms with Crippen LogP contribution in [0.25, 0.3) is 33.4 Å². The van der Waals surface area contributed by atoms with Crippen LogP contribution in [0.4, 0.5) is 43.9 Å². The Hall–Kier alpha value is -5.00. The molecule has 0 saturated carbocycles. The molecule has 0 spiro atoms. The van der Waals surface area contributed by atoms with Gasteiger partial charge in [0.05, 0.1) is 0 Å². The summed E-state index contributed by atoms with van der Waals surface area (Å²) in [6.45, 7) is 1.99. The third kappa shape index (κ3) is 7.53. The van der Waals surface area contributed by atoms with Gasteiger partial charge in [0, 0.05) is 17.2 Å². The van der Waals surface area contributed by atoms with Gasteiger partial charge in [0.2, 0.25) is 0 Å². The second kappa shape index (κ2) is 13.0. The lowest BCUT2D eigenvalue weighted by Crippen LogP contribution is -2.25. The van der Waals surface area contributed by atoms with E-state index in [1.807, 2.05) is 6.92 Å². The molecule has 0 saturated heterocycles. The molecule has 0 atom stereocenters. The van der Waals surface area contributed by atoms with Crippen LogP contribution >= 0.6 is 0 Å². The fourth-order valence-corrected chi connectivity index (χ4v) is 4.96. The first-order chi connectivity index (χ1) is 22.1. The van der Waals surface area contributed by atoms with E-state index in [0.29, 0.717) is 23.8 Å². The van der Waals surface area contributed by atoms with Gasteiger partial charge in [-0.15, -0.1) is 13.2 Å². The molecule has 0 aliphatic carbocycles. The average molecular weight is 665 g/mol. The maximum Gasteiger partial charge on any atom is 0.573 e. The first kappa shape index (κ1) is 33.4. The van der Waals surface area contributed by atoms with Gasteiger partial charge >= 0.3 is 12.5 Å². The van der Waals surface area contributed by atoms with E-state index in [4.69, 9.17) is 0 Å². The third-order valence-corrected chi connectivity index (χ3v) is 7.09. The van der Waals surface area contributed by atoms with Crippen molar-refractivity contribution in [1.29, 1.82) is 0 Å². The van der Waals surface area contributed by atoms with E-state index in [9.17, 15) is 30.7 Å². The molecular weight excluding hydrogens is 642 g/mol. The molecule has 244 valence electrons. The van der Waals surface area contributed by atoms with E-state index in [-0.39, 0.29) is 27.8 Å². The van der Waals surface area contributed by atoms with E-state index in [1.165, 1.54) is 6.07 Å². The Morgan fingerprint density at radius 1 is 0.511 bits per heavy atom. The van der Waals surface area contributed by atoms with Crippen LogP contribution in [-0.4, -0.2) is 6.36 Å². The lowest BCUT2D eigenvalue weighted by molar-refractivity contribution is -0.275. The molecule has 5 aromatic carbocycles. The van der Waals surface area contributed by atoms with Crippen molar-refractivity contribution in [1.82, 2.24) is 0 Å². The Bertz CT molecular complexity index is 1890. The minimum absolute atomic E-state index is 0.0221. The maximum absolute atomic E-state index is 15.0. The summed E-state index contributed by atoms with van der Waals surface area (Å²) in [5.41, 5.74) is -1.01. The average Bonchev–Trinajstić information content (AvgIpc) is 2.97. The first-order valence-electron chi connectivity index (χ1n) is 14.0. The van der Waals surface area contributed by atoms with Crippen molar-refractivity contribution in [3.8, 4) is 44.9 Å². The van der Waals surface area contributed by atoms with Gasteiger partial charge in [-0.2, -0.15) is 8.78 Å². The summed E-state index contributed by atoms with van der Waals surface area (Å²) in [7, 11) is 0. The number of hydrogen-bond donors (Lipinski definition) is 0. The Kier molecular flexibility index (Phi) is 9.24. The number of alkyl halides is 5. The fourth-order valence-electron chi connectivity index (χ4n) is 4.96. The van der Waals surface area contributed by atoms with Crippen molar-refractivity contribution in [2.24, 2.45) is 0 Å². The van der Waals surface area contributed by atoms with Crippen LogP contribution in [0, 0.1) is 29.1 Å². The topological polar surface area (TPSA) is 18.5 Å². The molecule has 2 nitrogen and oxygen atoms in total. The molecule has 0 radical (unpaired) electrons. The second-order valence-electron chi connectivity index (χ2n) is 10.4. The predicted molar refractivity (Wildman–Crippen MR) is 154 cm³/mol. The summed E-state index contributed by atoms with van der Waals surface area (Å²) in [6.07, 6.45) is -8.02. The van der Waals surface area contributed by atoms with Gasteiger partial charge in [-0.25, -0.2) is 22.0 Å². The number of aryl methyl sites for hydroxylation is 1. The van der Waals surface area contributed by atoms with Crippen molar-refractivity contribution in [2.45, 2.75) is 32.2 Å². The lowest BCUT2D eigenvalue weighted by atomic mass is 9.99. The number of ether oxygens (including phenoxy) is 2. The van der Waals surface area contributed by atoms with E-state index in [1.54, 1.807) is 24.3 Å². The van der Waals surface area contributed by atoms with Gasteiger partial charge in [0.1, 0.15) is 34.6 Å². The zero-order valence-corrected chi connectivity index (χ0v) is 24.2. The molecule has 12 heteroatoms. The summed E-state index contributed by atoms with van der Waals surface area (Å²) < 4.78 is 149. The molecule has 0 aliphatic rings. The summed E-state index contributed by atoms with van der Waals surface area (Å²) in [4.78, 5) is 0. The summed E-state index contributed by atoms with van der Waals surface area (Å²) in [5.74, 6) is -8.66. The van der Waals surface area contributed by atoms with Crippen LogP contribution in [-0.2, 0) is 12.5 Å². The van der Waals surface area contributed by atoms with Crippen LogP contribution in [0.5, 0.6) is 11.5 Å². The van der Waals surface area contributed by atoms with E-state index in [0.717, 1.165) is 60.9 Å². The van der Waals surface area contributed by atoms with Gasteiger partial charge in [-0.05, 0) is 76.7 Å². The van der Waals surface area contributed by atoms with Gasteiger partial charge in [0.25, 0.3) is 0 Å². The van der Waals surface area contributed by atoms with Gasteiger partial charge in [-0.1, -0.05) is 55.8 Å². The lowest BCUT2D eigenvalue weighted by Gasteiger charge is -2.20. The second-order valence-corrected chi connectivity index (χ2v) is 10.4. The summed E-state index contributed by atoms with van der Waals surface area (Å²) in [5, 5.41) is 0. The van der Waals surface area contributed by atoms with Crippen molar-refractivity contribution in [3.05, 3.63) is 131 Å². The van der Waals surface area contributed by atoms with Crippen LogP contribution in [0.2, 0.25) is 0 Å². The molecule has 0 unspecified atom stereocenters. The van der Waals surface area contributed by atoms with Crippen LogP contribution in [0.15, 0.2) is 91.0 Å². The van der Waals surface area contributed by atoms with Crippen LogP contribution < -0.4 is 9.47 Å². The van der Waals surface area contributed by atoms with Crippen molar-refractivity contribution in [3.63, 3.8) is 0 Å². The molecule has 47 heavy (non-hydrogen) atoms. The molecule has 5 aromatic rings. The molecule has 0 aliphatic heterocycles. The highest BCUT2D eigenvalue weighted by Crippen LogP contribution is 2.39. The molecule has 0 amide bonds. The molecule has 5 rings (SSSR count).